The summed E-state index contributed by atoms with van der Waals surface area (Å²) in [7, 11) is 0. The highest BCUT2D eigenvalue weighted by Gasteiger charge is 2.20. The van der Waals surface area contributed by atoms with Crippen molar-refractivity contribution < 1.29 is 9.52 Å². The smallest absolute Gasteiger partial charge is 0.226 e. The third-order valence-corrected chi connectivity index (χ3v) is 3.70. The molecule has 0 saturated carbocycles. The summed E-state index contributed by atoms with van der Waals surface area (Å²) in [6.07, 6.45) is 1.09. The third-order valence-electron chi connectivity index (χ3n) is 3.20. The van der Waals surface area contributed by atoms with Crippen molar-refractivity contribution in [2.24, 2.45) is 0 Å². The van der Waals surface area contributed by atoms with Gasteiger partial charge in [-0.15, -0.1) is 0 Å². The second-order valence-corrected chi connectivity index (χ2v) is 5.57. The molecule has 5 heteroatoms. The van der Waals surface area contributed by atoms with Crippen molar-refractivity contribution in [2.45, 2.75) is 19.6 Å². The lowest BCUT2D eigenvalue weighted by Gasteiger charge is -2.13. The average molecular weight is 322 g/mol. The van der Waals surface area contributed by atoms with Gasteiger partial charge in [0.25, 0.3) is 0 Å². The van der Waals surface area contributed by atoms with Crippen molar-refractivity contribution in [3.8, 4) is 5.75 Å². The van der Waals surface area contributed by atoms with Gasteiger partial charge in [-0.1, -0.05) is 22.0 Å². The first-order valence-electron chi connectivity index (χ1n) is 5.92. The molecule has 1 N–H and O–H groups in total. The number of nitrogens with zero attached hydrogens (tertiary/aromatic N) is 1. The van der Waals surface area contributed by atoms with Crippen LogP contribution in [0.15, 0.2) is 44.2 Å². The van der Waals surface area contributed by atoms with Crippen molar-refractivity contribution in [1.82, 2.24) is 4.90 Å². The Morgan fingerprint density at radius 1 is 1.26 bits per heavy atom. The molecule has 0 radical (unpaired) electrons. The molecular formula is C14H12BrNO3. The SMILES string of the molecule is O=c1cc(CN2Cc3ccc(Br)cc3C2)occ1O. The van der Waals surface area contributed by atoms with Crippen LogP contribution in [0.2, 0.25) is 0 Å². The minimum Gasteiger partial charge on any atom is -0.502 e. The zero-order valence-corrected chi connectivity index (χ0v) is 11.7. The molecule has 0 bridgehead atoms. The van der Waals surface area contributed by atoms with E-state index in [1.54, 1.807) is 0 Å². The summed E-state index contributed by atoms with van der Waals surface area (Å²) in [4.78, 5) is 13.5. The van der Waals surface area contributed by atoms with E-state index in [2.05, 4.69) is 33.0 Å². The fraction of sp³-hybridized carbons (Fsp3) is 0.214. The van der Waals surface area contributed by atoms with E-state index in [-0.39, 0.29) is 5.75 Å². The molecule has 3 rings (SSSR count). The van der Waals surface area contributed by atoms with Crippen LogP contribution in [0.25, 0.3) is 0 Å². The summed E-state index contributed by atoms with van der Waals surface area (Å²) < 4.78 is 6.30. The van der Waals surface area contributed by atoms with E-state index in [1.807, 2.05) is 6.07 Å². The third kappa shape index (κ3) is 2.57. The van der Waals surface area contributed by atoms with Crippen molar-refractivity contribution >= 4 is 15.9 Å². The molecule has 1 aromatic carbocycles. The molecule has 0 spiro atoms. The number of fused-ring (bicyclic) bond motifs is 1. The number of aromatic hydroxyl groups is 1. The molecule has 2 heterocycles. The molecule has 19 heavy (non-hydrogen) atoms. The quantitative estimate of drug-likeness (QED) is 0.923. The summed E-state index contributed by atoms with van der Waals surface area (Å²) >= 11 is 3.46. The predicted octanol–water partition coefficient (Wildman–Crippen LogP) is 2.62. The Morgan fingerprint density at radius 3 is 2.84 bits per heavy atom. The van der Waals surface area contributed by atoms with Crippen molar-refractivity contribution in [1.29, 1.82) is 0 Å². The maximum absolute atomic E-state index is 11.3. The van der Waals surface area contributed by atoms with Gasteiger partial charge in [-0.2, -0.15) is 0 Å². The van der Waals surface area contributed by atoms with Crippen molar-refractivity contribution in [3.05, 3.63) is 62.1 Å². The summed E-state index contributed by atoms with van der Waals surface area (Å²) in [5.74, 6) is 0.215. The number of benzene rings is 1. The Hall–Kier alpha value is -1.59. The largest absolute Gasteiger partial charge is 0.502 e. The first-order chi connectivity index (χ1) is 9.11. The lowest BCUT2D eigenvalue weighted by Crippen LogP contribution is -2.16. The molecule has 2 aromatic rings. The number of halogens is 1. The van der Waals surface area contributed by atoms with Gasteiger partial charge in [0.2, 0.25) is 5.43 Å². The fourth-order valence-electron chi connectivity index (χ4n) is 2.29. The van der Waals surface area contributed by atoms with Gasteiger partial charge in [-0.3, -0.25) is 9.69 Å². The highest BCUT2D eigenvalue weighted by Crippen LogP contribution is 2.26. The Balaban J connectivity index is 1.76. The second-order valence-electron chi connectivity index (χ2n) is 4.65. The molecular weight excluding hydrogens is 310 g/mol. The molecule has 1 aromatic heterocycles. The molecule has 4 nitrogen and oxygen atoms in total. The zero-order chi connectivity index (χ0) is 13.4. The van der Waals surface area contributed by atoms with E-state index in [0.29, 0.717) is 12.3 Å². The monoisotopic (exact) mass is 321 g/mol. The molecule has 1 aliphatic heterocycles. The molecule has 0 fully saturated rings. The van der Waals surface area contributed by atoms with Gasteiger partial charge in [0.1, 0.15) is 12.0 Å². The van der Waals surface area contributed by atoms with Crippen LogP contribution in [0.5, 0.6) is 5.75 Å². The van der Waals surface area contributed by atoms with Crippen LogP contribution in [0.1, 0.15) is 16.9 Å². The van der Waals surface area contributed by atoms with Gasteiger partial charge in [0.15, 0.2) is 5.75 Å². The highest BCUT2D eigenvalue weighted by atomic mass is 79.9. The maximum atomic E-state index is 11.3. The van der Waals surface area contributed by atoms with E-state index >= 15 is 0 Å². The van der Waals surface area contributed by atoms with E-state index < -0.39 is 5.43 Å². The first kappa shape index (κ1) is 12.4. The molecule has 98 valence electrons. The topological polar surface area (TPSA) is 53.7 Å². The Labute approximate surface area is 118 Å². The number of hydrogen-bond donors (Lipinski definition) is 1. The van der Waals surface area contributed by atoms with Crippen LogP contribution in [-0.4, -0.2) is 10.0 Å². The first-order valence-corrected chi connectivity index (χ1v) is 6.71. The van der Waals surface area contributed by atoms with E-state index in [9.17, 15) is 4.79 Å². The van der Waals surface area contributed by atoms with E-state index in [1.165, 1.54) is 17.2 Å². The summed E-state index contributed by atoms with van der Waals surface area (Å²) in [6, 6.07) is 7.59. The van der Waals surface area contributed by atoms with Crippen molar-refractivity contribution in [2.75, 3.05) is 0 Å². The van der Waals surface area contributed by atoms with Crippen LogP contribution in [0.3, 0.4) is 0 Å². The fourth-order valence-corrected chi connectivity index (χ4v) is 2.70. The maximum Gasteiger partial charge on any atom is 0.226 e. The minimum absolute atomic E-state index is 0.350. The minimum atomic E-state index is -0.402. The summed E-state index contributed by atoms with van der Waals surface area (Å²) in [6.45, 7) is 2.23. The summed E-state index contributed by atoms with van der Waals surface area (Å²) in [5.41, 5.74) is 2.18. The van der Waals surface area contributed by atoms with Crippen LogP contribution in [-0.2, 0) is 19.6 Å². The lowest BCUT2D eigenvalue weighted by molar-refractivity contribution is 0.246. The van der Waals surface area contributed by atoms with Crippen LogP contribution >= 0.6 is 15.9 Å². The lowest BCUT2D eigenvalue weighted by atomic mass is 10.1. The van der Waals surface area contributed by atoms with Gasteiger partial charge < -0.3 is 9.52 Å². The number of hydrogen-bond acceptors (Lipinski definition) is 4. The van der Waals surface area contributed by atoms with Gasteiger partial charge in [0, 0.05) is 23.6 Å². The molecule has 0 saturated heterocycles. The molecule has 1 aliphatic rings. The second kappa shape index (κ2) is 4.83. The normalized spacial score (nSPS) is 14.6. The van der Waals surface area contributed by atoms with Crippen LogP contribution in [0, 0.1) is 0 Å². The van der Waals surface area contributed by atoms with Gasteiger partial charge in [0.05, 0.1) is 6.54 Å². The number of rotatable bonds is 2. The predicted molar refractivity (Wildman–Crippen MR) is 73.7 cm³/mol. The average Bonchev–Trinajstić information content (AvgIpc) is 2.75. The van der Waals surface area contributed by atoms with Crippen LogP contribution < -0.4 is 5.43 Å². The van der Waals surface area contributed by atoms with Gasteiger partial charge in [-0.25, -0.2) is 0 Å². The standard InChI is InChI=1S/C14H12BrNO3/c15-11-2-1-9-5-16(6-10(9)3-11)7-12-4-13(17)14(18)8-19-12/h1-4,8,18H,5-7H2. The molecule has 0 amide bonds. The molecule has 0 aliphatic carbocycles. The van der Waals surface area contributed by atoms with E-state index in [0.717, 1.165) is 23.8 Å². The Kier molecular flexibility index (Phi) is 3.16. The van der Waals surface area contributed by atoms with Gasteiger partial charge >= 0.3 is 0 Å². The summed E-state index contributed by atoms with van der Waals surface area (Å²) in [5, 5.41) is 9.15. The van der Waals surface area contributed by atoms with Crippen LogP contribution in [0.4, 0.5) is 0 Å². The molecule has 0 atom stereocenters. The van der Waals surface area contributed by atoms with Crippen molar-refractivity contribution in [3.63, 3.8) is 0 Å². The Bertz CT molecular complexity index is 681. The highest BCUT2D eigenvalue weighted by molar-refractivity contribution is 9.10. The molecule has 0 unspecified atom stereocenters. The Morgan fingerprint density at radius 2 is 2.05 bits per heavy atom. The zero-order valence-electron chi connectivity index (χ0n) is 10.1. The van der Waals surface area contributed by atoms with E-state index in [4.69, 9.17) is 9.52 Å². The van der Waals surface area contributed by atoms with Gasteiger partial charge in [-0.05, 0) is 23.3 Å².